The molecule has 5 heteroatoms. The van der Waals surface area contributed by atoms with E-state index in [0.717, 1.165) is 26.1 Å². The average molecular weight is 325 g/mol. The van der Waals surface area contributed by atoms with Crippen LogP contribution < -0.4 is 5.32 Å². The van der Waals surface area contributed by atoms with Crippen LogP contribution >= 0.6 is 12.4 Å². The van der Waals surface area contributed by atoms with E-state index in [9.17, 15) is 4.79 Å². The van der Waals surface area contributed by atoms with Crippen LogP contribution in [0.5, 0.6) is 0 Å². The summed E-state index contributed by atoms with van der Waals surface area (Å²) in [6, 6.07) is 10.5. The van der Waals surface area contributed by atoms with Gasteiger partial charge in [-0.1, -0.05) is 37.3 Å². The van der Waals surface area contributed by atoms with E-state index in [1.165, 1.54) is 5.56 Å². The van der Waals surface area contributed by atoms with Gasteiger partial charge in [-0.3, -0.25) is 4.79 Å². The first-order valence-electron chi connectivity index (χ1n) is 7.90. The number of nitrogens with one attached hydrogen (secondary N) is 1. The van der Waals surface area contributed by atoms with E-state index in [4.69, 9.17) is 4.74 Å². The second-order valence-corrected chi connectivity index (χ2v) is 6.15. The predicted molar refractivity (Wildman–Crippen MR) is 89.4 cm³/mol. The van der Waals surface area contributed by atoms with Gasteiger partial charge in [0.05, 0.1) is 13.2 Å². The summed E-state index contributed by atoms with van der Waals surface area (Å²) in [6.07, 6.45) is 1.05. The van der Waals surface area contributed by atoms with Crippen molar-refractivity contribution in [1.82, 2.24) is 10.2 Å². The third-order valence-corrected chi connectivity index (χ3v) is 4.66. The van der Waals surface area contributed by atoms with E-state index in [0.29, 0.717) is 25.0 Å². The molecule has 4 nitrogen and oxygen atoms in total. The second-order valence-electron chi connectivity index (χ2n) is 6.15. The summed E-state index contributed by atoms with van der Waals surface area (Å²) in [5, 5.41) is 3.26. The Balaban J connectivity index is 0.00000176. The second kappa shape index (κ2) is 7.95. The molecule has 2 fully saturated rings. The molecule has 22 heavy (non-hydrogen) atoms. The Kier molecular flexibility index (Phi) is 6.24. The fourth-order valence-corrected chi connectivity index (χ4v) is 3.49. The zero-order valence-electron chi connectivity index (χ0n) is 13.0. The summed E-state index contributed by atoms with van der Waals surface area (Å²) in [5.41, 5.74) is 1.40. The number of amides is 1. The Morgan fingerprint density at radius 3 is 2.73 bits per heavy atom. The van der Waals surface area contributed by atoms with Gasteiger partial charge < -0.3 is 15.0 Å². The first kappa shape index (κ1) is 17.3. The number of piperidine rings is 1. The van der Waals surface area contributed by atoms with Crippen LogP contribution in [0.1, 0.15) is 24.8 Å². The maximum Gasteiger partial charge on any atom is 0.242 e. The molecule has 2 aliphatic rings. The molecule has 0 spiro atoms. The van der Waals surface area contributed by atoms with Gasteiger partial charge in [-0.05, 0) is 23.8 Å². The first-order chi connectivity index (χ1) is 10.3. The molecule has 1 amide bonds. The van der Waals surface area contributed by atoms with Crippen molar-refractivity contribution in [1.29, 1.82) is 0 Å². The molecule has 2 saturated heterocycles. The highest BCUT2D eigenvalue weighted by atomic mass is 35.5. The van der Waals surface area contributed by atoms with Crippen LogP contribution in [0.4, 0.5) is 0 Å². The number of carbonyl (C=O) groups is 1. The van der Waals surface area contributed by atoms with Crippen molar-refractivity contribution in [2.45, 2.75) is 25.3 Å². The van der Waals surface area contributed by atoms with Gasteiger partial charge in [0.25, 0.3) is 0 Å². The standard InChI is InChI=1S/C17H24N2O2.ClH/c1-13-11-19(17(20)16-12-21-10-8-18-16)9-7-15(13)14-5-3-2-4-6-14;/h2-6,13,15-16,18H,7-12H2,1H3;1H. The Labute approximate surface area is 138 Å². The lowest BCUT2D eigenvalue weighted by molar-refractivity contribution is -0.138. The maximum absolute atomic E-state index is 12.5. The maximum atomic E-state index is 12.5. The number of hydrogen-bond donors (Lipinski definition) is 1. The highest BCUT2D eigenvalue weighted by molar-refractivity contribution is 5.85. The van der Waals surface area contributed by atoms with Crippen molar-refractivity contribution in [3.05, 3.63) is 35.9 Å². The largest absolute Gasteiger partial charge is 0.378 e. The van der Waals surface area contributed by atoms with Crippen LogP contribution in [0.2, 0.25) is 0 Å². The Bertz CT molecular complexity index is 477. The summed E-state index contributed by atoms with van der Waals surface area (Å²) in [5.74, 6) is 1.26. The monoisotopic (exact) mass is 324 g/mol. The van der Waals surface area contributed by atoms with Gasteiger partial charge in [-0.2, -0.15) is 0 Å². The molecule has 0 aromatic heterocycles. The molecule has 3 rings (SSSR count). The summed E-state index contributed by atoms with van der Waals surface area (Å²) in [4.78, 5) is 14.5. The number of carbonyl (C=O) groups excluding carboxylic acids is 1. The van der Waals surface area contributed by atoms with Crippen LogP contribution in [-0.2, 0) is 9.53 Å². The fourth-order valence-electron chi connectivity index (χ4n) is 3.49. The van der Waals surface area contributed by atoms with E-state index < -0.39 is 0 Å². The van der Waals surface area contributed by atoms with Gasteiger partial charge in [0, 0.05) is 19.6 Å². The minimum Gasteiger partial charge on any atom is -0.378 e. The lowest BCUT2D eigenvalue weighted by Gasteiger charge is -2.39. The Morgan fingerprint density at radius 2 is 2.09 bits per heavy atom. The third kappa shape index (κ3) is 3.80. The van der Waals surface area contributed by atoms with Gasteiger partial charge in [-0.25, -0.2) is 0 Å². The molecule has 3 atom stereocenters. The number of ether oxygens (including phenoxy) is 1. The summed E-state index contributed by atoms with van der Waals surface area (Å²) in [6.45, 7) is 5.92. The van der Waals surface area contributed by atoms with E-state index in [1.807, 2.05) is 4.90 Å². The van der Waals surface area contributed by atoms with Crippen LogP contribution in [0.15, 0.2) is 30.3 Å². The van der Waals surface area contributed by atoms with Crippen LogP contribution in [0.3, 0.4) is 0 Å². The zero-order chi connectivity index (χ0) is 14.7. The molecular weight excluding hydrogens is 300 g/mol. The predicted octanol–water partition coefficient (Wildman–Crippen LogP) is 2.05. The van der Waals surface area contributed by atoms with Gasteiger partial charge in [0.2, 0.25) is 5.91 Å². The first-order valence-corrected chi connectivity index (χ1v) is 7.90. The fraction of sp³-hybridized carbons (Fsp3) is 0.588. The van der Waals surface area contributed by atoms with Crippen molar-refractivity contribution >= 4 is 18.3 Å². The number of hydrogen-bond acceptors (Lipinski definition) is 3. The smallest absolute Gasteiger partial charge is 0.242 e. The summed E-state index contributed by atoms with van der Waals surface area (Å²) in [7, 11) is 0. The topological polar surface area (TPSA) is 41.6 Å². The number of benzene rings is 1. The van der Waals surface area contributed by atoms with E-state index in [1.54, 1.807) is 0 Å². The Hall–Kier alpha value is -1.10. The van der Waals surface area contributed by atoms with E-state index in [-0.39, 0.29) is 24.4 Å². The van der Waals surface area contributed by atoms with Crippen molar-refractivity contribution in [2.24, 2.45) is 5.92 Å². The molecule has 1 aromatic carbocycles. The van der Waals surface area contributed by atoms with Crippen molar-refractivity contribution in [3.63, 3.8) is 0 Å². The Morgan fingerprint density at radius 1 is 1.32 bits per heavy atom. The van der Waals surface area contributed by atoms with Crippen LogP contribution in [-0.4, -0.2) is 49.7 Å². The van der Waals surface area contributed by atoms with Crippen molar-refractivity contribution in [3.8, 4) is 0 Å². The minimum absolute atomic E-state index is 0. The number of morpholine rings is 1. The quantitative estimate of drug-likeness (QED) is 0.905. The molecule has 0 aliphatic carbocycles. The molecule has 1 N–H and O–H groups in total. The zero-order valence-corrected chi connectivity index (χ0v) is 13.8. The molecule has 0 radical (unpaired) electrons. The number of halogens is 1. The lowest BCUT2D eigenvalue weighted by Crippen LogP contribution is -2.55. The molecule has 2 heterocycles. The summed E-state index contributed by atoms with van der Waals surface area (Å²) >= 11 is 0. The molecule has 0 bridgehead atoms. The SMILES string of the molecule is CC1CN(C(=O)C2COCCN2)CCC1c1ccccc1.Cl. The highest BCUT2D eigenvalue weighted by Gasteiger charge is 2.33. The number of nitrogens with zero attached hydrogens (tertiary/aromatic N) is 1. The number of likely N-dealkylation sites (tertiary alicyclic amines) is 1. The molecule has 122 valence electrons. The van der Waals surface area contributed by atoms with Gasteiger partial charge >= 0.3 is 0 Å². The van der Waals surface area contributed by atoms with E-state index >= 15 is 0 Å². The highest BCUT2D eigenvalue weighted by Crippen LogP contribution is 2.32. The van der Waals surface area contributed by atoms with E-state index in [2.05, 4.69) is 42.6 Å². The molecule has 1 aromatic rings. The normalized spacial score (nSPS) is 28.8. The van der Waals surface area contributed by atoms with Gasteiger partial charge in [0.15, 0.2) is 0 Å². The third-order valence-electron chi connectivity index (χ3n) is 4.66. The van der Waals surface area contributed by atoms with Crippen LogP contribution in [0, 0.1) is 5.92 Å². The van der Waals surface area contributed by atoms with Gasteiger partial charge in [-0.15, -0.1) is 12.4 Å². The minimum atomic E-state index is -0.153. The van der Waals surface area contributed by atoms with Crippen LogP contribution in [0.25, 0.3) is 0 Å². The lowest BCUT2D eigenvalue weighted by atomic mass is 9.81. The molecular formula is C17H25ClN2O2. The molecule has 2 aliphatic heterocycles. The van der Waals surface area contributed by atoms with Crippen molar-refractivity contribution in [2.75, 3.05) is 32.8 Å². The molecule has 3 unspecified atom stereocenters. The number of rotatable bonds is 2. The van der Waals surface area contributed by atoms with Crippen molar-refractivity contribution < 1.29 is 9.53 Å². The average Bonchev–Trinajstić information content (AvgIpc) is 2.55. The summed E-state index contributed by atoms with van der Waals surface area (Å²) < 4.78 is 5.40. The van der Waals surface area contributed by atoms with Gasteiger partial charge in [0.1, 0.15) is 6.04 Å². The molecule has 0 saturated carbocycles.